The van der Waals surface area contributed by atoms with E-state index in [-0.39, 0.29) is 11.9 Å². The summed E-state index contributed by atoms with van der Waals surface area (Å²) in [6.07, 6.45) is 6.80. The fourth-order valence-electron chi connectivity index (χ4n) is 3.72. The Hall–Kier alpha value is -1.03. The number of fused-ring (bicyclic) bond motifs is 2. The van der Waals surface area contributed by atoms with Gasteiger partial charge in [0.05, 0.1) is 11.2 Å². The van der Waals surface area contributed by atoms with Gasteiger partial charge in [-0.05, 0) is 43.9 Å². The van der Waals surface area contributed by atoms with Crippen LogP contribution in [0.3, 0.4) is 0 Å². The number of aromatic amines is 1. The molecule has 2 bridgehead atoms. The van der Waals surface area contributed by atoms with E-state index >= 15 is 0 Å². The van der Waals surface area contributed by atoms with Crippen LogP contribution in [0.4, 0.5) is 0 Å². The van der Waals surface area contributed by atoms with Crippen molar-refractivity contribution in [3.05, 3.63) is 16.9 Å². The van der Waals surface area contributed by atoms with Crippen molar-refractivity contribution in [3.8, 4) is 0 Å². The average Bonchev–Trinajstić information content (AvgIpc) is 3.03. The van der Waals surface area contributed by atoms with Crippen LogP contribution in [0.1, 0.15) is 43.1 Å². The summed E-state index contributed by atoms with van der Waals surface area (Å²) < 4.78 is 0. The maximum absolute atomic E-state index is 12.0. The molecule has 98 valence electrons. The monoisotopic (exact) mass is 267 g/mol. The van der Waals surface area contributed by atoms with E-state index in [1.54, 1.807) is 0 Å². The molecule has 0 spiro atoms. The van der Waals surface area contributed by atoms with E-state index in [2.05, 4.69) is 22.4 Å². The molecular weight excluding hydrogens is 250 g/mol. The van der Waals surface area contributed by atoms with Crippen LogP contribution >= 0.6 is 11.6 Å². The lowest BCUT2D eigenvalue weighted by molar-refractivity contribution is 0.0910. The number of hydrogen-bond acceptors (Lipinski definition) is 2. The second-order valence-corrected chi connectivity index (χ2v) is 6.10. The quantitative estimate of drug-likeness (QED) is 0.884. The number of carbonyl (C=O) groups excluding carboxylic acids is 1. The van der Waals surface area contributed by atoms with Crippen molar-refractivity contribution < 1.29 is 4.79 Å². The number of rotatable bonds is 3. The van der Waals surface area contributed by atoms with E-state index in [1.165, 1.54) is 31.9 Å². The number of aromatic nitrogens is 2. The van der Waals surface area contributed by atoms with Crippen molar-refractivity contribution in [2.24, 2.45) is 17.8 Å². The Kier molecular flexibility index (Phi) is 3.06. The van der Waals surface area contributed by atoms with E-state index < -0.39 is 0 Å². The highest BCUT2D eigenvalue weighted by Crippen LogP contribution is 2.49. The first-order valence-electron chi connectivity index (χ1n) is 6.65. The van der Waals surface area contributed by atoms with Gasteiger partial charge in [-0.25, -0.2) is 0 Å². The van der Waals surface area contributed by atoms with Gasteiger partial charge in [-0.2, -0.15) is 5.10 Å². The summed E-state index contributed by atoms with van der Waals surface area (Å²) in [6.45, 7) is 2.10. The van der Waals surface area contributed by atoms with Crippen LogP contribution in [0.25, 0.3) is 0 Å². The molecule has 2 aliphatic carbocycles. The molecule has 1 aromatic heterocycles. The molecule has 1 aromatic rings. The van der Waals surface area contributed by atoms with Crippen molar-refractivity contribution in [2.45, 2.75) is 38.6 Å². The zero-order valence-corrected chi connectivity index (χ0v) is 11.2. The number of hydrogen-bond donors (Lipinski definition) is 2. The molecule has 1 amide bonds. The number of H-pyrrole nitrogens is 1. The summed E-state index contributed by atoms with van der Waals surface area (Å²) in [5.41, 5.74) is 0.367. The molecule has 4 atom stereocenters. The van der Waals surface area contributed by atoms with E-state index in [0.29, 0.717) is 16.6 Å². The Balaban J connectivity index is 1.63. The summed E-state index contributed by atoms with van der Waals surface area (Å²) in [7, 11) is 0. The SMILES string of the molecule is CC(NC(=O)c1[nH]ncc1Cl)C1CC2CCC1C2. The minimum absolute atomic E-state index is 0.146. The van der Waals surface area contributed by atoms with Crippen LogP contribution in [0.15, 0.2) is 6.20 Å². The maximum atomic E-state index is 12.0. The summed E-state index contributed by atoms with van der Waals surface area (Å²) >= 11 is 5.89. The van der Waals surface area contributed by atoms with E-state index in [4.69, 9.17) is 11.6 Å². The molecule has 4 unspecified atom stereocenters. The Morgan fingerprint density at radius 2 is 2.39 bits per heavy atom. The van der Waals surface area contributed by atoms with Crippen LogP contribution in [-0.2, 0) is 0 Å². The molecule has 0 aliphatic heterocycles. The molecule has 0 saturated heterocycles. The zero-order valence-electron chi connectivity index (χ0n) is 10.4. The predicted octanol–water partition coefficient (Wildman–Crippen LogP) is 2.62. The first kappa shape index (κ1) is 12.0. The highest BCUT2D eigenvalue weighted by atomic mass is 35.5. The van der Waals surface area contributed by atoms with Gasteiger partial charge < -0.3 is 5.32 Å². The largest absolute Gasteiger partial charge is 0.348 e. The fourth-order valence-corrected chi connectivity index (χ4v) is 3.90. The van der Waals surface area contributed by atoms with Crippen LogP contribution in [0.2, 0.25) is 5.02 Å². The highest BCUT2D eigenvalue weighted by molar-refractivity contribution is 6.33. The van der Waals surface area contributed by atoms with Gasteiger partial charge in [-0.3, -0.25) is 9.89 Å². The van der Waals surface area contributed by atoms with Crippen LogP contribution < -0.4 is 5.32 Å². The first-order chi connectivity index (χ1) is 8.65. The molecule has 2 N–H and O–H groups in total. The molecule has 1 heterocycles. The number of amides is 1. The van der Waals surface area contributed by atoms with Crippen molar-refractivity contribution in [1.29, 1.82) is 0 Å². The molecule has 18 heavy (non-hydrogen) atoms. The molecule has 3 rings (SSSR count). The third kappa shape index (κ3) is 2.03. The van der Waals surface area contributed by atoms with Crippen LogP contribution in [0.5, 0.6) is 0 Å². The van der Waals surface area contributed by atoms with Gasteiger partial charge in [-0.1, -0.05) is 18.0 Å². The zero-order chi connectivity index (χ0) is 12.7. The van der Waals surface area contributed by atoms with E-state index in [0.717, 1.165) is 11.8 Å². The molecule has 2 saturated carbocycles. The van der Waals surface area contributed by atoms with Crippen molar-refractivity contribution >= 4 is 17.5 Å². The van der Waals surface area contributed by atoms with Crippen molar-refractivity contribution in [2.75, 3.05) is 0 Å². The van der Waals surface area contributed by atoms with Gasteiger partial charge in [0.2, 0.25) is 0 Å². The molecule has 5 heteroatoms. The summed E-state index contributed by atoms with van der Waals surface area (Å²) in [4.78, 5) is 12.0. The lowest BCUT2D eigenvalue weighted by Crippen LogP contribution is -2.40. The highest BCUT2D eigenvalue weighted by Gasteiger charge is 2.42. The molecule has 2 aliphatic rings. The Bertz CT molecular complexity index is 459. The Morgan fingerprint density at radius 1 is 1.56 bits per heavy atom. The van der Waals surface area contributed by atoms with E-state index in [9.17, 15) is 4.79 Å². The topological polar surface area (TPSA) is 57.8 Å². The summed E-state index contributed by atoms with van der Waals surface area (Å²) in [5.74, 6) is 2.19. The minimum atomic E-state index is -0.146. The fraction of sp³-hybridized carbons (Fsp3) is 0.692. The maximum Gasteiger partial charge on any atom is 0.271 e. The average molecular weight is 268 g/mol. The second kappa shape index (κ2) is 4.57. The lowest BCUT2D eigenvalue weighted by atomic mass is 9.84. The molecule has 4 nitrogen and oxygen atoms in total. The minimum Gasteiger partial charge on any atom is -0.348 e. The number of halogens is 1. The van der Waals surface area contributed by atoms with Gasteiger partial charge >= 0.3 is 0 Å². The summed E-state index contributed by atoms with van der Waals surface area (Å²) in [5, 5.41) is 9.85. The van der Waals surface area contributed by atoms with Crippen molar-refractivity contribution in [3.63, 3.8) is 0 Å². The smallest absolute Gasteiger partial charge is 0.271 e. The molecule has 2 fully saturated rings. The predicted molar refractivity (Wildman–Crippen MR) is 69.5 cm³/mol. The standard InChI is InChI=1S/C13H18ClN3O/c1-7(10-5-8-2-3-9(10)4-8)16-13(18)12-11(14)6-15-17-12/h6-10H,2-5H2,1H3,(H,15,17)(H,16,18). The van der Waals surface area contributed by atoms with Crippen LogP contribution in [-0.4, -0.2) is 22.1 Å². The molecule has 0 radical (unpaired) electrons. The van der Waals surface area contributed by atoms with Gasteiger partial charge in [0.25, 0.3) is 5.91 Å². The third-order valence-corrected chi connectivity index (χ3v) is 4.90. The normalized spacial score (nSPS) is 31.6. The molecule has 0 aromatic carbocycles. The van der Waals surface area contributed by atoms with Gasteiger partial charge in [0.15, 0.2) is 0 Å². The number of carbonyl (C=O) groups is 1. The summed E-state index contributed by atoms with van der Waals surface area (Å²) in [6, 6.07) is 0.215. The lowest BCUT2D eigenvalue weighted by Gasteiger charge is -2.28. The first-order valence-corrected chi connectivity index (χ1v) is 7.02. The second-order valence-electron chi connectivity index (χ2n) is 5.69. The van der Waals surface area contributed by atoms with Crippen LogP contribution in [0, 0.1) is 17.8 Å². The van der Waals surface area contributed by atoms with E-state index in [1.807, 2.05) is 0 Å². The Morgan fingerprint density at radius 3 is 2.94 bits per heavy atom. The number of nitrogens with one attached hydrogen (secondary N) is 2. The van der Waals surface area contributed by atoms with Gasteiger partial charge in [0.1, 0.15) is 5.69 Å². The third-order valence-electron chi connectivity index (χ3n) is 4.61. The van der Waals surface area contributed by atoms with Gasteiger partial charge in [0, 0.05) is 6.04 Å². The Labute approximate surface area is 111 Å². The molecular formula is C13H18ClN3O. The van der Waals surface area contributed by atoms with Gasteiger partial charge in [-0.15, -0.1) is 0 Å². The number of nitrogens with zero attached hydrogens (tertiary/aromatic N) is 1. The van der Waals surface area contributed by atoms with Crippen molar-refractivity contribution in [1.82, 2.24) is 15.5 Å².